The lowest BCUT2D eigenvalue weighted by atomic mass is 9.71. The second-order valence-corrected chi connectivity index (χ2v) is 31.6. The Kier molecular flexibility index (Phi) is 20.9. The molecule has 0 saturated carbocycles. The molecule has 3 N–H and O–H groups in total. The molecule has 1 aliphatic carbocycles. The topological polar surface area (TPSA) is 201 Å². The van der Waals surface area contributed by atoms with Crippen LogP contribution in [0, 0.1) is 29.1 Å². The van der Waals surface area contributed by atoms with Gasteiger partial charge in [0.05, 0.1) is 23.7 Å². The van der Waals surface area contributed by atoms with E-state index in [9.17, 15) is 49.2 Å². The number of hydrogen-bond donors (Lipinski definition) is 3. The Bertz CT molecular complexity index is 4000. The SMILES string of the molecule is C[C@@]1(CN2CC3CN(CC#Cc4ccc5c(c4)CN(C4CCC(=O)NC4=O)C5=O)CC3C2)CCC(c2ccc(Cl)cc2)=C(CN2CCN(c3ccc(C(=O)NS(=O)(=O)c4ccc(N[C@H](CCN5CCCOCC5)CSc5ccccc5)c(S(=O)(=O)C(F)(F)F)c4)cc3)CC2)C1. The average molecular weight is 1380 g/mol. The molecule has 6 aliphatic heterocycles. The molecule has 95 heavy (non-hydrogen) atoms. The van der Waals surface area contributed by atoms with E-state index >= 15 is 0 Å². The molecule has 5 atom stereocenters. The number of halogens is 4. The molecule has 0 spiro atoms. The highest BCUT2D eigenvalue weighted by Gasteiger charge is 2.49. The molecule has 5 aromatic rings. The molecule has 6 heterocycles. The van der Waals surface area contributed by atoms with Gasteiger partial charge in [-0.05, 0) is 157 Å². The predicted molar refractivity (Wildman–Crippen MR) is 360 cm³/mol. The molecule has 5 aromatic carbocycles. The van der Waals surface area contributed by atoms with Crippen molar-refractivity contribution >= 4 is 83.8 Å². The number of fused-ring (bicyclic) bond motifs is 2. The van der Waals surface area contributed by atoms with Crippen molar-refractivity contribution in [2.75, 3.05) is 121 Å². The monoisotopic (exact) mass is 1380 g/mol. The van der Waals surface area contributed by atoms with E-state index in [1.165, 1.54) is 40.6 Å². The molecule has 5 fully saturated rings. The highest BCUT2D eigenvalue weighted by molar-refractivity contribution is 7.99. The van der Waals surface area contributed by atoms with Gasteiger partial charge in [0.15, 0.2) is 0 Å². The van der Waals surface area contributed by atoms with E-state index in [4.69, 9.17) is 16.3 Å². The van der Waals surface area contributed by atoms with Gasteiger partial charge < -0.3 is 29.7 Å². The quantitative estimate of drug-likeness (QED) is 0.0379. The molecule has 7 aliphatic rings. The van der Waals surface area contributed by atoms with Gasteiger partial charge >= 0.3 is 5.51 Å². The van der Waals surface area contributed by atoms with Crippen LogP contribution in [0.2, 0.25) is 5.02 Å². The molecule has 0 aromatic heterocycles. The molecule has 0 bridgehead atoms. The Morgan fingerprint density at radius 3 is 2.28 bits per heavy atom. The summed E-state index contributed by atoms with van der Waals surface area (Å²) in [7, 11) is -11.0. The van der Waals surface area contributed by atoms with Crippen molar-refractivity contribution in [1.29, 1.82) is 0 Å². The number of nitrogens with one attached hydrogen (secondary N) is 3. The maximum Gasteiger partial charge on any atom is 0.501 e. The summed E-state index contributed by atoms with van der Waals surface area (Å²) in [5.41, 5.74) is 0.938. The number of carbonyl (C=O) groups is 4. The third-order valence-electron chi connectivity index (χ3n) is 19.6. The standard InChI is InChI=1S/C70H79ClF3N9O9S3/c1-69(47-81-43-53-41-80(42-54(53)44-81)27-5-7-48-10-20-61-51(37-48)45-83(68(61)87)63-22-23-65(84)76-67(63)86)26-24-60(49-11-15-55(71)16-12-49)52(39-69)40-79-30-32-82(33-31-79)57-17-13-50(14-18-57)66(85)77-95(90,91)59-19-21-62(64(38-59)94(88,89)70(72,73)74)75-56(46-93-58-8-3-2-4-9-58)25-29-78-28-6-35-92-36-34-78/h2-4,8-21,37-38,53-54,56,63,75H,6,22-36,39-47H2,1H3,(H,77,85)(H,76,84,86)/t53?,54?,56-,63?,69-/m1/s1. The van der Waals surface area contributed by atoms with Crippen LogP contribution in [0.1, 0.15) is 89.3 Å². The van der Waals surface area contributed by atoms with E-state index in [2.05, 4.69) is 66.0 Å². The first kappa shape index (κ1) is 68.2. The number of rotatable bonds is 20. The van der Waals surface area contributed by atoms with Crippen LogP contribution in [-0.2, 0) is 40.7 Å². The largest absolute Gasteiger partial charge is 0.501 e. The summed E-state index contributed by atoms with van der Waals surface area (Å²) in [6.07, 6.45) is 4.75. The number of anilines is 2. The lowest BCUT2D eigenvalue weighted by Crippen LogP contribution is -2.52. The molecule has 0 radical (unpaired) electrons. The van der Waals surface area contributed by atoms with E-state index in [1.54, 1.807) is 23.1 Å². The highest BCUT2D eigenvalue weighted by atomic mass is 35.5. The molecule has 504 valence electrons. The first-order chi connectivity index (χ1) is 45.5. The summed E-state index contributed by atoms with van der Waals surface area (Å²) in [6.45, 7) is 15.4. The number of piperidine rings is 1. The molecule has 18 nitrogen and oxygen atoms in total. The minimum atomic E-state index is -6.10. The summed E-state index contributed by atoms with van der Waals surface area (Å²) < 4.78 is 105. The van der Waals surface area contributed by atoms with Crippen molar-refractivity contribution in [2.24, 2.45) is 17.3 Å². The van der Waals surface area contributed by atoms with E-state index in [-0.39, 0.29) is 29.2 Å². The normalized spacial score (nSPS) is 23.0. The first-order valence-electron chi connectivity index (χ1n) is 32.6. The Labute approximate surface area is 563 Å². The number of allylic oxidation sites excluding steroid dienone is 1. The molecular weight excluding hydrogens is 1300 g/mol. The fourth-order valence-electron chi connectivity index (χ4n) is 14.6. The number of benzene rings is 5. The summed E-state index contributed by atoms with van der Waals surface area (Å²) in [5, 5.41) is 6.07. The molecule has 25 heteroatoms. The van der Waals surface area contributed by atoms with Crippen molar-refractivity contribution < 1.29 is 53.9 Å². The van der Waals surface area contributed by atoms with Crippen molar-refractivity contribution in [3.63, 3.8) is 0 Å². The number of sulfonamides is 1. The average Bonchev–Trinajstić information content (AvgIpc) is 1.70. The molecule has 3 unspecified atom stereocenters. The van der Waals surface area contributed by atoms with Crippen LogP contribution in [0.3, 0.4) is 0 Å². The van der Waals surface area contributed by atoms with Gasteiger partial charge in [0.2, 0.25) is 11.8 Å². The number of nitrogens with zero attached hydrogens (tertiary/aromatic N) is 6. The van der Waals surface area contributed by atoms with Crippen LogP contribution < -0.4 is 20.3 Å². The van der Waals surface area contributed by atoms with Gasteiger partial charge in [-0.3, -0.25) is 34.3 Å². The summed E-state index contributed by atoms with van der Waals surface area (Å²) in [5.74, 6) is 6.22. The molecule has 5 saturated heterocycles. The third-order valence-corrected chi connectivity index (χ3v) is 23.9. The van der Waals surface area contributed by atoms with E-state index in [0.717, 1.165) is 118 Å². The molecule has 12 rings (SSSR count). The van der Waals surface area contributed by atoms with Gasteiger partial charge in [0.25, 0.3) is 31.7 Å². The lowest BCUT2D eigenvalue weighted by Gasteiger charge is -2.42. The Balaban J connectivity index is 0.641. The number of thioether (sulfide) groups is 1. The minimum absolute atomic E-state index is 0.0206. The second-order valence-electron chi connectivity index (χ2n) is 26.5. The fraction of sp³-hybridized carbons (Fsp3) is 0.457. The van der Waals surface area contributed by atoms with E-state index < -0.39 is 64.7 Å². The third kappa shape index (κ3) is 16.3. The van der Waals surface area contributed by atoms with Gasteiger partial charge in [0, 0.05) is 149 Å². The number of likely N-dealkylation sites (tertiary alicyclic amines) is 2. The number of ether oxygens (including phenoxy) is 1. The van der Waals surface area contributed by atoms with Gasteiger partial charge in [-0.1, -0.05) is 66.3 Å². The number of amides is 4. The van der Waals surface area contributed by atoms with Crippen LogP contribution in [0.4, 0.5) is 24.5 Å². The van der Waals surface area contributed by atoms with E-state index in [0.29, 0.717) is 99.6 Å². The first-order valence-corrected chi connectivity index (χ1v) is 36.9. The van der Waals surface area contributed by atoms with Crippen molar-refractivity contribution in [2.45, 2.75) is 90.7 Å². The van der Waals surface area contributed by atoms with Crippen LogP contribution in [-0.4, -0.2) is 193 Å². The number of carbonyl (C=O) groups excluding carboxylic acids is 4. The molecular formula is C70H79ClF3N9O9S3. The maximum absolute atomic E-state index is 14.4. The Hall–Kier alpha value is -6.79. The lowest BCUT2D eigenvalue weighted by molar-refractivity contribution is -0.136. The smallest absolute Gasteiger partial charge is 0.380 e. The van der Waals surface area contributed by atoms with Crippen molar-refractivity contribution in [1.82, 2.24) is 34.5 Å². The van der Waals surface area contributed by atoms with E-state index in [1.807, 2.05) is 59.3 Å². The number of hydrogen-bond acceptors (Lipinski definition) is 16. The number of piperazine rings is 1. The second kappa shape index (κ2) is 29.1. The fourth-order valence-corrected chi connectivity index (χ4v) is 17.8. The van der Waals surface area contributed by atoms with Crippen LogP contribution >= 0.6 is 23.4 Å². The number of alkyl halides is 3. The van der Waals surface area contributed by atoms with Crippen LogP contribution in [0.15, 0.2) is 136 Å². The summed E-state index contributed by atoms with van der Waals surface area (Å²) >= 11 is 7.84. The Morgan fingerprint density at radius 2 is 1.56 bits per heavy atom. The van der Waals surface area contributed by atoms with Crippen LogP contribution in [0.5, 0.6) is 0 Å². The van der Waals surface area contributed by atoms with Crippen molar-refractivity contribution in [3.05, 3.63) is 154 Å². The van der Waals surface area contributed by atoms with Gasteiger partial charge in [-0.25, -0.2) is 21.6 Å². The molecule has 4 amide bonds. The minimum Gasteiger partial charge on any atom is -0.380 e. The Morgan fingerprint density at radius 1 is 0.821 bits per heavy atom. The highest BCUT2D eigenvalue weighted by Crippen LogP contribution is 2.46. The van der Waals surface area contributed by atoms with Gasteiger partial charge in [-0.15, -0.1) is 11.8 Å². The number of imide groups is 1. The van der Waals surface area contributed by atoms with Crippen LogP contribution in [0.25, 0.3) is 5.57 Å². The summed E-state index contributed by atoms with van der Waals surface area (Å²) in [6, 6.07) is 30.8. The summed E-state index contributed by atoms with van der Waals surface area (Å²) in [4.78, 5) is 63.5. The van der Waals surface area contributed by atoms with Crippen molar-refractivity contribution in [3.8, 4) is 11.8 Å². The van der Waals surface area contributed by atoms with Gasteiger partial charge in [-0.2, -0.15) is 13.2 Å². The van der Waals surface area contributed by atoms with Gasteiger partial charge in [0.1, 0.15) is 10.9 Å². The predicted octanol–water partition coefficient (Wildman–Crippen LogP) is 8.88. The zero-order chi connectivity index (χ0) is 66.7. The number of sulfone groups is 1. The zero-order valence-corrected chi connectivity index (χ0v) is 56.3. The maximum atomic E-state index is 14.4. The zero-order valence-electron chi connectivity index (χ0n) is 53.1.